The third-order valence-electron chi connectivity index (χ3n) is 2.79. The molecule has 0 aromatic carbocycles. The summed E-state index contributed by atoms with van der Waals surface area (Å²) in [6.07, 6.45) is -0.0639. The van der Waals surface area contributed by atoms with Gasteiger partial charge in [0.05, 0.1) is 6.10 Å². The highest BCUT2D eigenvalue weighted by atomic mass is 16.7. The van der Waals surface area contributed by atoms with Crippen LogP contribution in [0.3, 0.4) is 0 Å². The maximum Gasteiger partial charge on any atom is 0.158 e. The van der Waals surface area contributed by atoms with E-state index in [1.165, 1.54) is 21.1 Å². The largest absolute Gasteiger partial charge is 0.359 e. The van der Waals surface area contributed by atoms with E-state index >= 15 is 0 Å². The molecule has 0 bridgehead atoms. The van der Waals surface area contributed by atoms with Gasteiger partial charge in [-0.15, -0.1) is 0 Å². The number of ether oxygens (including phenoxy) is 4. The Kier molecular flexibility index (Phi) is 8.75. The summed E-state index contributed by atoms with van der Waals surface area (Å²) in [6.45, 7) is 4.99. The maximum atomic E-state index is 11.5. The van der Waals surface area contributed by atoms with Crippen molar-refractivity contribution >= 4 is 12.1 Å². The Labute approximate surface area is 114 Å². The van der Waals surface area contributed by atoms with Crippen LogP contribution in [0.2, 0.25) is 0 Å². The van der Waals surface area contributed by atoms with Gasteiger partial charge in [-0.1, -0.05) is 13.8 Å². The molecule has 0 saturated carbocycles. The van der Waals surface area contributed by atoms with Crippen LogP contribution in [0.25, 0.3) is 0 Å². The van der Waals surface area contributed by atoms with Crippen LogP contribution >= 0.6 is 0 Å². The van der Waals surface area contributed by atoms with Gasteiger partial charge < -0.3 is 23.7 Å². The number of ketones is 1. The van der Waals surface area contributed by atoms with Gasteiger partial charge in [0, 0.05) is 26.1 Å². The number of carbonyl (C=O) groups is 2. The highest BCUT2D eigenvalue weighted by molar-refractivity contribution is 5.80. The van der Waals surface area contributed by atoms with Gasteiger partial charge in [0.25, 0.3) is 0 Å². The summed E-state index contributed by atoms with van der Waals surface area (Å²) in [4.78, 5) is 22.6. The summed E-state index contributed by atoms with van der Waals surface area (Å²) in [6, 6.07) is 0. The smallest absolute Gasteiger partial charge is 0.158 e. The zero-order valence-corrected chi connectivity index (χ0v) is 12.3. The summed E-state index contributed by atoms with van der Waals surface area (Å²) >= 11 is 0. The van der Waals surface area contributed by atoms with Crippen LogP contribution in [0.15, 0.2) is 0 Å². The molecule has 0 aromatic heterocycles. The minimum Gasteiger partial charge on any atom is -0.359 e. The molecular formula is C13H24O6. The highest BCUT2D eigenvalue weighted by Gasteiger charge is 2.34. The van der Waals surface area contributed by atoms with Gasteiger partial charge >= 0.3 is 0 Å². The van der Waals surface area contributed by atoms with Crippen molar-refractivity contribution in [2.24, 2.45) is 5.41 Å². The van der Waals surface area contributed by atoms with Crippen molar-refractivity contribution in [3.63, 3.8) is 0 Å². The van der Waals surface area contributed by atoms with Crippen molar-refractivity contribution in [3.05, 3.63) is 0 Å². The molecule has 0 rings (SSSR count). The number of rotatable bonds is 11. The summed E-state index contributed by atoms with van der Waals surface area (Å²) in [5.74, 6) is -0.134. The van der Waals surface area contributed by atoms with Crippen LogP contribution in [0.4, 0.5) is 0 Å². The first-order valence-electron chi connectivity index (χ1n) is 6.06. The minimum absolute atomic E-state index is 0.0166. The van der Waals surface area contributed by atoms with Gasteiger partial charge in [-0.2, -0.15) is 0 Å². The molecule has 0 N–H and O–H groups in total. The molecule has 0 saturated heterocycles. The Balaban J connectivity index is 4.74. The number of hydrogen-bond donors (Lipinski definition) is 0. The summed E-state index contributed by atoms with van der Waals surface area (Å²) < 4.78 is 20.4. The second-order valence-electron chi connectivity index (χ2n) is 4.91. The van der Waals surface area contributed by atoms with E-state index in [1.54, 1.807) is 13.8 Å². The van der Waals surface area contributed by atoms with Gasteiger partial charge in [-0.05, 0) is 6.92 Å². The second-order valence-corrected chi connectivity index (χ2v) is 4.91. The average Bonchev–Trinajstić information content (AvgIpc) is 2.37. The minimum atomic E-state index is -0.733. The van der Waals surface area contributed by atoms with Crippen LogP contribution in [0.1, 0.15) is 27.2 Å². The normalized spacial score (nSPS) is 15.0. The van der Waals surface area contributed by atoms with E-state index in [9.17, 15) is 9.59 Å². The Morgan fingerprint density at radius 3 is 2.11 bits per heavy atom. The van der Waals surface area contributed by atoms with Gasteiger partial charge in [0.2, 0.25) is 0 Å². The highest BCUT2D eigenvalue weighted by Crippen LogP contribution is 2.25. The Morgan fingerprint density at radius 2 is 1.68 bits per heavy atom. The Hall–Kier alpha value is -0.820. The van der Waals surface area contributed by atoms with Crippen LogP contribution in [-0.4, -0.2) is 52.1 Å². The summed E-state index contributed by atoms with van der Waals surface area (Å²) in [5.41, 5.74) is -0.733. The fourth-order valence-electron chi connectivity index (χ4n) is 1.51. The molecule has 19 heavy (non-hydrogen) atoms. The van der Waals surface area contributed by atoms with E-state index in [4.69, 9.17) is 18.9 Å². The van der Waals surface area contributed by atoms with E-state index in [0.717, 1.165) is 6.29 Å². The van der Waals surface area contributed by atoms with E-state index < -0.39 is 17.6 Å². The predicted molar refractivity (Wildman–Crippen MR) is 68.6 cm³/mol. The van der Waals surface area contributed by atoms with Crippen molar-refractivity contribution in [1.82, 2.24) is 0 Å². The zero-order valence-electron chi connectivity index (χ0n) is 12.3. The first kappa shape index (κ1) is 18.2. The predicted octanol–water partition coefficient (Wildman–Crippen LogP) is 1.17. The topological polar surface area (TPSA) is 71.1 Å². The number of methoxy groups -OCH3 is 2. The molecule has 0 aliphatic heterocycles. The quantitative estimate of drug-likeness (QED) is 0.417. The van der Waals surface area contributed by atoms with Crippen LogP contribution < -0.4 is 0 Å². The fraction of sp³-hybridized carbons (Fsp3) is 0.846. The van der Waals surface area contributed by atoms with Gasteiger partial charge in [0.1, 0.15) is 26.0 Å². The van der Waals surface area contributed by atoms with E-state index in [1.807, 2.05) is 0 Å². The SMILES string of the molecule is COCO[C@H](C[C@@H](OCOC)C(C)(C)C=O)C(C)=O. The van der Waals surface area contributed by atoms with Crippen LogP contribution in [0.5, 0.6) is 0 Å². The molecule has 0 spiro atoms. The lowest BCUT2D eigenvalue weighted by molar-refractivity contribution is -0.158. The number of hydrogen-bond acceptors (Lipinski definition) is 6. The molecule has 2 atom stereocenters. The molecule has 0 radical (unpaired) electrons. The van der Waals surface area contributed by atoms with Crippen molar-refractivity contribution in [3.8, 4) is 0 Å². The molecule has 0 unspecified atom stereocenters. The zero-order chi connectivity index (χ0) is 14.9. The van der Waals surface area contributed by atoms with E-state index in [-0.39, 0.29) is 25.8 Å². The van der Waals surface area contributed by atoms with Crippen molar-refractivity contribution < 1.29 is 28.5 Å². The average molecular weight is 276 g/mol. The monoisotopic (exact) mass is 276 g/mol. The third-order valence-corrected chi connectivity index (χ3v) is 2.79. The van der Waals surface area contributed by atoms with Crippen molar-refractivity contribution in [1.29, 1.82) is 0 Å². The fourth-order valence-corrected chi connectivity index (χ4v) is 1.51. The van der Waals surface area contributed by atoms with Crippen molar-refractivity contribution in [2.45, 2.75) is 39.4 Å². The first-order chi connectivity index (χ1) is 8.88. The second kappa shape index (κ2) is 9.14. The molecule has 112 valence electrons. The van der Waals surface area contributed by atoms with Gasteiger partial charge in [-0.25, -0.2) is 0 Å². The van der Waals surface area contributed by atoms with Crippen LogP contribution in [0, 0.1) is 5.41 Å². The lowest BCUT2D eigenvalue weighted by Gasteiger charge is -2.31. The summed E-state index contributed by atoms with van der Waals surface area (Å²) in [7, 11) is 2.97. The van der Waals surface area contributed by atoms with Gasteiger partial charge in [-0.3, -0.25) is 4.79 Å². The van der Waals surface area contributed by atoms with E-state index in [0.29, 0.717) is 0 Å². The first-order valence-corrected chi connectivity index (χ1v) is 6.06. The van der Waals surface area contributed by atoms with Gasteiger partial charge in [0.15, 0.2) is 5.78 Å². The molecule has 0 aromatic rings. The molecule has 6 heteroatoms. The maximum absolute atomic E-state index is 11.5. The molecule has 0 amide bonds. The molecular weight excluding hydrogens is 252 g/mol. The number of carbonyl (C=O) groups excluding carboxylic acids is 2. The lowest BCUT2D eigenvalue weighted by atomic mass is 9.84. The van der Waals surface area contributed by atoms with Crippen LogP contribution in [-0.2, 0) is 28.5 Å². The molecule has 0 aliphatic carbocycles. The number of aldehydes is 1. The molecule has 0 fully saturated rings. The van der Waals surface area contributed by atoms with E-state index in [2.05, 4.69) is 0 Å². The summed E-state index contributed by atoms with van der Waals surface area (Å²) in [5, 5.41) is 0. The Morgan fingerprint density at radius 1 is 1.16 bits per heavy atom. The standard InChI is InChI=1S/C13H24O6/c1-10(15)11(18-8-16-4)6-12(19-9-17-5)13(2,3)7-14/h7,11-12H,6,8-9H2,1-5H3/t11-,12-/m1/s1. The molecule has 0 aliphatic rings. The molecule has 0 heterocycles. The number of Topliss-reactive ketones (excluding diaryl/α,β-unsaturated/α-hetero) is 1. The van der Waals surface area contributed by atoms with Crippen molar-refractivity contribution in [2.75, 3.05) is 27.8 Å². The molecule has 6 nitrogen and oxygen atoms in total. The third kappa shape index (κ3) is 6.77. The lowest BCUT2D eigenvalue weighted by Crippen LogP contribution is -2.39. The Bertz CT molecular complexity index is 276.